The molecule has 27 heavy (non-hydrogen) atoms. The van der Waals surface area contributed by atoms with Crippen molar-refractivity contribution >= 4 is 32.6 Å². The van der Waals surface area contributed by atoms with E-state index >= 15 is 0 Å². The maximum atomic E-state index is 14.5. The van der Waals surface area contributed by atoms with E-state index in [0.29, 0.717) is 37.7 Å². The molecule has 3 rings (SSSR count). The van der Waals surface area contributed by atoms with E-state index in [1.165, 1.54) is 18.2 Å². The van der Waals surface area contributed by atoms with Crippen molar-refractivity contribution in [2.24, 2.45) is 0 Å². The Morgan fingerprint density at radius 1 is 1.19 bits per heavy atom. The molecular formula is C17H18FN3O5S. The van der Waals surface area contributed by atoms with E-state index in [1.807, 2.05) is 4.90 Å². The van der Waals surface area contributed by atoms with E-state index in [4.69, 9.17) is 4.74 Å². The minimum Gasteiger partial charge on any atom is -0.378 e. The Labute approximate surface area is 155 Å². The van der Waals surface area contributed by atoms with Crippen molar-refractivity contribution in [1.29, 1.82) is 0 Å². The monoisotopic (exact) mass is 395 g/mol. The third-order valence-corrected chi connectivity index (χ3v) is 5.29. The van der Waals surface area contributed by atoms with Gasteiger partial charge in [0.15, 0.2) is 9.84 Å². The number of rotatable bonds is 5. The first kappa shape index (κ1) is 19.1. The van der Waals surface area contributed by atoms with Crippen molar-refractivity contribution < 1.29 is 22.5 Å². The summed E-state index contributed by atoms with van der Waals surface area (Å²) in [7, 11) is -3.73. The Balaban J connectivity index is 1.91. The summed E-state index contributed by atoms with van der Waals surface area (Å²) in [6, 6.07) is 7.96. The highest BCUT2D eigenvalue weighted by Gasteiger charge is 2.20. The average molecular weight is 395 g/mol. The number of ether oxygens (including phenoxy) is 1. The van der Waals surface area contributed by atoms with Gasteiger partial charge < -0.3 is 15.0 Å². The van der Waals surface area contributed by atoms with Gasteiger partial charge in [-0.1, -0.05) is 0 Å². The standard InChI is InChI=1S/C17H18FN3O5S/c1-27(24,25)17-11-13(21(22)23)3-4-15(17)19-12-2-5-16(14(18)10-12)20-6-8-26-9-7-20/h2-5,10-11,19H,6-9H2,1H3. The minimum atomic E-state index is -3.73. The molecule has 0 saturated carbocycles. The quantitative estimate of drug-likeness (QED) is 0.613. The number of halogens is 1. The highest BCUT2D eigenvalue weighted by molar-refractivity contribution is 7.90. The fourth-order valence-electron chi connectivity index (χ4n) is 2.84. The highest BCUT2D eigenvalue weighted by Crippen LogP contribution is 2.31. The summed E-state index contributed by atoms with van der Waals surface area (Å²) in [5.41, 5.74) is 0.579. The molecule has 2 aromatic rings. The fourth-order valence-corrected chi connectivity index (χ4v) is 3.69. The normalized spacial score (nSPS) is 14.8. The van der Waals surface area contributed by atoms with Crippen LogP contribution in [-0.2, 0) is 14.6 Å². The molecule has 1 fully saturated rings. The summed E-state index contributed by atoms with van der Waals surface area (Å²) >= 11 is 0. The third kappa shape index (κ3) is 4.34. The predicted octanol–water partition coefficient (Wildman–Crippen LogP) is 2.72. The maximum Gasteiger partial charge on any atom is 0.270 e. The van der Waals surface area contributed by atoms with Gasteiger partial charge in [0.2, 0.25) is 0 Å². The van der Waals surface area contributed by atoms with Crippen molar-refractivity contribution in [1.82, 2.24) is 0 Å². The predicted molar refractivity (Wildman–Crippen MR) is 98.9 cm³/mol. The van der Waals surface area contributed by atoms with Gasteiger partial charge in [-0.25, -0.2) is 12.8 Å². The van der Waals surface area contributed by atoms with Crippen LogP contribution in [0.15, 0.2) is 41.3 Å². The number of morpholine rings is 1. The molecule has 0 spiro atoms. The van der Waals surface area contributed by atoms with Gasteiger partial charge in [0.05, 0.1) is 34.4 Å². The molecule has 2 aromatic carbocycles. The molecule has 1 aliphatic heterocycles. The van der Waals surface area contributed by atoms with Crippen LogP contribution < -0.4 is 10.2 Å². The number of sulfone groups is 1. The molecule has 144 valence electrons. The van der Waals surface area contributed by atoms with Gasteiger partial charge in [-0.2, -0.15) is 0 Å². The van der Waals surface area contributed by atoms with Crippen molar-refractivity contribution in [2.75, 3.05) is 42.8 Å². The maximum absolute atomic E-state index is 14.5. The zero-order chi connectivity index (χ0) is 19.6. The van der Waals surface area contributed by atoms with Crippen LogP contribution in [0.1, 0.15) is 0 Å². The van der Waals surface area contributed by atoms with E-state index in [-0.39, 0.29) is 16.3 Å². The number of non-ortho nitro benzene ring substituents is 1. The van der Waals surface area contributed by atoms with Gasteiger partial charge in [-0.05, 0) is 24.3 Å². The molecular weight excluding hydrogens is 377 g/mol. The van der Waals surface area contributed by atoms with Crippen LogP contribution in [-0.4, -0.2) is 45.9 Å². The Hall–Kier alpha value is -2.72. The summed E-state index contributed by atoms with van der Waals surface area (Å²) in [5, 5.41) is 13.7. The van der Waals surface area contributed by atoms with Gasteiger partial charge in [0, 0.05) is 37.2 Å². The number of hydrogen-bond acceptors (Lipinski definition) is 7. The van der Waals surface area contributed by atoms with Gasteiger partial charge in [-0.3, -0.25) is 10.1 Å². The molecule has 1 saturated heterocycles. The van der Waals surface area contributed by atoms with E-state index in [0.717, 1.165) is 12.3 Å². The van der Waals surface area contributed by atoms with Gasteiger partial charge in [0.1, 0.15) is 5.82 Å². The van der Waals surface area contributed by atoms with Crippen LogP contribution in [0, 0.1) is 15.9 Å². The number of nitro benzene ring substituents is 1. The van der Waals surface area contributed by atoms with E-state index < -0.39 is 20.6 Å². The summed E-state index contributed by atoms with van der Waals surface area (Å²) in [4.78, 5) is 11.9. The summed E-state index contributed by atoms with van der Waals surface area (Å²) < 4.78 is 43.7. The number of nitro groups is 1. The Bertz CT molecular complexity index is 975. The summed E-state index contributed by atoms with van der Waals surface area (Å²) in [6.07, 6.45) is 0.958. The molecule has 1 N–H and O–H groups in total. The van der Waals surface area contributed by atoms with Crippen LogP contribution in [0.2, 0.25) is 0 Å². The first-order valence-electron chi connectivity index (χ1n) is 8.13. The third-order valence-electron chi connectivity index (χ3n) is 4.15. The van der Waals surface area contributed by atoms with Crippen molar-refractivity contribution in [3.8, 4) is 0 Å². The van der Waals surface area contributed by atoms with Crippen LogP contribution in [0.4, 0.5) is 27.1 Å². The van der Waals surface area contributed by atoms with Gasteiger partial charge in [-0.15, -0.1) is 0 Å². The molecule has 0 amide bonds. The molecule has 10 heteroatoms. The first-order valence-corrected chi connectivity index (χ1v) is 10.0. The lowest BCUT2D eigenvalue weighted by Gasteiger charge is -2.29. The highest BCUT2D eigenvalue weighted by atomic mass is 32.2. The van der Waals surface area contributed by atoms with Crippen molar-refractivity contribution in [3.05, 3.63) is 52.3 Å². The number of nitrogens with one attached hydrogen (secondary N) is 1. The lowest BCUT2D eigenvalue weighted by Crippen LogP contribution is -2.36. The fraction of sp³-hybridized carbons (Fsp3) is 0.294. The number of hydrogen-bond donors (Lipinski definition) is 1. The zero-order valence-electron chi connectivity index (χ0n) is 14.5. The molecule has 1 heterocycles. The van der Waals surface area contributed by atoms with Crippen LogP contribution in [0.25, 0.3) is 0 Å². The lowest BCUT2D eigenvalue weighted by molar-refractivity contribution is -0.385. The molecule has 1 aliphatic rings. The van der Waals surface area contributed by atoms with Gasteiger partial charge >= 0.3 is 0 Å². The number of anilines is 3. The van der Waals surface area contributed by atoms with Crippen LogP contribution in [0.3, 0.4) is 0 Å². The molecule has 8 nitrogen and oxygen atoms in total. The second kappa shape index (κ2) is 7.49. The minimum absolute atomic E-state index is 0.140. The molecule has 0 aliphatic carbocycles. The average Bonchev–Trinajstić information content (AvgIpc) is 2.62. The van der Waals surface area contributed by atoms with E-state index in [1.54, 1.807) is 12.1 Å². The molecule has 0 radical (unpaired) electrons. The summed E-state index contributed by atoms with van der Waals surface area (Å²) in [6.45, 7) is 2.23. The number of benzene rings is 2. The Kier molecular flexibility index (Phi) is 5.29. The molecule has 0 bridgehead atoms. The largest absolute Gasteiger partial charge is 0.378 e. The van der Waals surface area contributed by atoms with Crippen molar-refractivity contribution in [3.63, 3.8) is 0 Å². The zero-order valence-corrected chi connectivity index (χ0v) is 15.3. The lowest BCUT2D eigenvalue weighted by atomic mass is 10.2. The van der Waals surface area contributed by atoms with Crippen LogP contribution >= 0.6 is 0 Å². The SMILES string of the molecule is CS(=O)(=O)c1cc([N+](=O)[O-])ccc1Nc1ccc(N2CCOCC2)c(F)c1. The van der Waals surface area contributed by atoms with E-state index in [2.05, 4.69) is 5.32 Å². The molecule has 0 aromatic heterocycles. The Morgan fingerprint density at radius 3 is 2.48 bits per heavy atom. The van der Waals surface area contributed by atoms with Crippen LogP contribution in [0.5, 0.6) is 0 Å². The van der Waals surface area contributed by atoms with E-state index in [9.17, 15) is 22.9 Å². The van der Waals surface area contributed by atoms with Crippen molar-refractivity contribution in [2.45, 2.75) is 4.90 Å². The first-order chi connectivity index (χ1) is 12.8. The molecule has 0 atom stereocenters. The second-order valence-corrected chi connectivity index (χ2v) is 8.08. The van der Waals surface area contributed by atoms with Gasteiger partial charge in [0.25, 0.3) is 5.69 Å². The smallest absolute Gasteiger partial charge is 0.270 e. The summed E-state index contributed by atoms with van der Waals surface area (Å²) in [5.74, 6) is -0.454. The second-order valence-electron chi connectivity index (χ2n) is 6.10. The Morgan fingerprint density at radius 2 is 1.89 bits per heavy atom. The molecule has 0 unspecified atom stereocenters. The number of nitrogens with zero attached hydrogens (tertiary/aromatic N) is 2. The topological polar surface area (TPSA) is 102 Å².